The monoisotopic (exact) mass is 144 g/mol. The number of carbonyl (C=O) groups excluding carboxylic acids is 1. The van der Waals surface area contributed by atoms with E-state index < -0.39 is 5.97 Å². The van der Waals surface area contributed by atoms with E-state index in [4.69, 9.17) is 5.26 Å². The van der Waals surface area contributed by atoms with Gasteiger partial charge in [-0.2, -0.15) is 5.26 Å². The number of nitriles is 1. The summed E-state index contributed by atoms with van der Waals surface area (Å²) in [7, 11) is 0. The molecule has 0 aromatic heterocycles. The first kappa shape index (κ1) is 8.31. The molecule has 49 valence electrons. The summed E-state index contributed by atoms with van der Waals surface area (Å²) in [5, 5.41) is 17.8. The lowest BCUT2D eigenvalue weighted by molar-refractivity contribution is -0.139. The zero-order valence-corrected chi connectivity index (χ0v) is 5.61. The molecule has 0 spiro atoms. The molecule has 0 N–H and O–H groups in total. The molecule has 0 amide bonds. The third kappa shape index (κ3) is 7.31. The summed E-state index contributed by atoms with van der Waals surface area (Å²) in [5.74, 6) is -0.510. The quantitative estimate of drug-likeness (QED) is 0.542. The van der Waals surface area contributed by atoms with E-state index in [-0.39, 0.29) is 5.75 Å². The first-order valence-electron chi connectivity index (χ1n) is 2.42. The van der Waals surface area contributed by atoms with Crippen LogP contribution >= 0.6 is 11.8 Å². The van der Waals surface area contributed by atoms with Gasteiger partial charge >= 0.3 is 5.97 Å². The van der Waals surface area contributed by atoms with Crippen LogP contribution in [0, 0.1) is 11.3 Å². The summed E-state index contributed by atoms with van der Waals surface area (Å²) < 4.78 is 0. The van der Waals surface area contributed by atoms with Crippen LogP contribution < -0.4 is 0 Å². The molecule has 0 saturated heterocycles. The van der Waals surface area contributed by atoms with E-state index in [0.717, 1.165) is 0 Å². The van der Waals surface area contributed by atoms with Crippen LogP contribution in [0.25, 0.3) is 0 Å². The third-order valence-corrected chi connectivity index (χ3v) is 1.51. The number of nitrogens with zero attached hydrogens (tertiary/aromatic N) is 1. The Morgan fingerprint density at radius 2 is 2.33 bits per heavy atom. The van der Waals surface area contributed by atoms with Crippen molar-refractivity contribution < 1.29 is 9.90 Å². The zero-order chi connectivity index (χ0) is 7.11. The van der Waals surface area contributed by atoms with Crippen LogP contribution in [0.3, 0.4) is 0 Å². The molecule has 0 saturated carbocycles. The van der Waals surface area contributed by atoms with Crippen LogP contribution in [0.2, 0.25) is 0 Å². The van der Waals surface area contributed by atoms with Gasteiger partial charge in [0, 0.05) is 12.2 Å². The molecule has 0 aromatic carbocycles. The molecule has 0 heterocycles. The Morgan fingerprint density at radius 3 is 2.78 bits per heavy atom. The second-order valence-corrected chi connectivity index (χ2v) is 2.44. The first-order chi connectivity index (χ1) is 4.27. The fourth-order valence-corrected chi connectivity index (χ4v) is 0.820. The highest BCUT2D eigenvalue weighted by atomic mass is 32.2. The second kappa shape index (κ2) is 5.45. The van der Waals surface area contributed by atoms with Gasteiger partial charge in [-0.1, -0.05) is 0 Å². The van der Waals surface area contributed by atoms with Gasteiger partial charge in [0.2, 0.25) is 0 Å². The van der Waals surface area contributed by atoms with Crippen molar-refractivity contribution in [3.8, 4) is 6.07 Å². The summed E-state index contributed by atoms with van der Waals surface area (Å²) in [6, 6.07) is 1.91. The van der Waals surface area contributed by atoms with E-state index >= 15 is 0 Å². The van der Waals surface area contributed by atoms with E-state index in [9.17, 15) is 9.90 Å². The van der Waals surface area contributed by atoms with Crippen molar-refractivity contribution in [3.05, 3.63) is 0 Å². The Bertz CT molecular complexity index is 129. The van der Waals surface area contributed by atoms with Gasteiger partial charge in [0.05, 0.1) is 11.8 Å². The topological polar surface area (TPSA) is 60.8 Å². The fourth-order valence-electron chi connectivity index (χ4n) is 0.273. The molecule has 0 rings (SSSR count). The molecule has 0 aliphatic rings. The predicted octanol–water partition coefficient (Wildman–Crippen LogP) is 0.590. The van der Waals surface area contributed by atoms with Crippen molar-refractivity contribution in [3.63, 3.8) is 0 Å². The number of carbonyl (C=O) groups is 1. The molecule has 9 heavy (non-hydrogen) atoms. The lowest BCUT2D eigenvalue weighted by atomic mass is 10.6. The highest BCUT2D eigenvalue weighted by molar-refractivity contribution is 7.99. The van der Waals surface area contributed by atoms with Crippen molar-refractivity contribution in [2.45, 2.75) is 6.42 Å². The molecule has 0 unspecified atom stereocenters. The molecular weight excluding hydrogens is 138 g/mol. The number of rotatable bonds is 4. The molecule has 0 aliphatic heterocycles. The van der Waals surface area contributed by atoms with Gasteiger partial charge in [-0.3, -0.25) is 0 Å². The Kier molecular flexibility index (Phi) is 5.03. The van der Waals surface area contributed by atoms with Crippen molar-refractivity contribution in [2.75, 3.05) is 11.5 Å². The Labute approximate surface area is 57.7 Å². The maximum absolute atomic E-state index is 9.75. The normalized spacial score (nSPS) is 8.33. The second-order valence-electron chi connectivity index (χ2n) is 1.33. The van der Waals surface area contributed by atoms with E-state index in [2.05, 4.69) is 0 Å². The van der Waals surface area contributed by atoms with Crippen LogP contribution in [0.4, 0.5) is 0 Å². The Hall–Kier alpha value is -0.690. The van der Waals surface area contributed by atoms with Gasteiger partial charge in [0.15, 0.2) is 0 Å². The van der Waals surface area contributed by atoms with Gasteiger partial charge in [-0.25, -0.2) is 9.90 Å². The minimum Gasteiger partial charge on any atom is -0.246 e. The Balaban J connectivity index is 2.94. The number of hydrogen-bond acceptors (Lipinski definition) is 3. The summed E-state index contributed by atoms with van der Waals surface area (Å²) in [6.07, 6.45) is 0.401. The molecule has 3 nitrogen and oxygen atoms in total. The molecule has 0 atom stereocenters. The van der Waals surface area contributed by atoms with Gasteiger partial charge in [-0.15, -0.1) is 11.8 Å². The van der Waals surface area contributed by atoms with Gasteiger partial charge < -0.3 is 0 Å². The number of thioether (sulfide) groups is 1. The summed E-state index contributed by atoms with van der Waals surface area (Å²) in [5.41, 5.74) is 0. The minimum atomic E-state index is -1.07. The standard InChI is InChI=1S/C5H6NO2S/c6-2-1-3-9-4-5(7)8/h1,3-4H2. The van der Waals surface area contributed by atoms with Crippen LogP contribution in [-0.2, 0) is 9.90 Å². The van der Waals surface area contributed by atoms with Gasteiger partial charge in [0.25, 0.3) is 0 Å². The van der Waals surface area contributed by atoms with Crippen molar-refractivity contribution in [1.82, 2.24) is 0 Å². The average molecular weight is 144 g/mol. The Morgan fingerprint density at radius 1 is 1.67 bits per heavy atom. The molecular formula is C5H6NO2S. The summed E-state index contributed by atoms with van der Waals surface area (Å²) in [6.45, 7) is 0. The maximum atomic E-state index is 9.75. The van der Waals surface area contributed by atoms with E-state index in [1.807, 2.05) is 6.07 Å². The van der Waals surface area contributed by atoms with Gasteiger partial charge in [0.1, 0.15) is 0 Å². The molecule has 1 radical (unpaired) electrons. The minimum absolute atomic E-state index is 0.0122. The lowest BCUT2D eigenvalue weighted by Gasteiger charge is -1.87. The van der Waals surface area contributed by atoms with Crippen LogP contribution in [-0.4, -0.2) is 17.5 Å². The SMILES string of the molecule is N#CCCSCC([O])=O. The first-order valence-corrected chi connectivity index (χ1v) is 3.57. The smallest absolute Gasteiger partial charge is 0.246 e. The lowest BCUT2D eigenvalue weighted by Crippen LogP contribution is -1.96. The molecule has 4 heteroatoms. The maximum Gasteiger partial charge on any atom is 0.365 e. The van der Waals surface area contributed by atoms with Crippen LogP contribution in [0.5, 0.6) is 0 Å². The fraction of sp³-hybridized carbons (Fsp3) is 0.600. The highest BCUT2D eigenvalue weighted by Crippen LogP contribution is 2.00. The van der Waals surface area contributed by atoms with Gasteiger partial charge in [-0.05, 0) is 0 Å². The predicted molar refractivity (Wildman–Crippen MR) is 33.2 cm³/mol. The van der Waals surface area contributed by atoms with Crippen LogP contribution in [0.1, 0.15) is 6.42 Å². The van der Waals surface area contributed by atoms with Crippen molar-refractivity contribution in [2.24, 2.45) is 0 Å². The zero-order valence-electron chi connectivity index (χ0n) is 4.79. The highest BCUT2D eigenvalue weighted by Gasteiger charge is 1.97. The van der Waals surface area contributed by atoms with E-state index in [0.29, 0.717) is 12.2 Å². The molecule has 0 bridgehead atoms. The average Bonchev–Trinajstić information content (AvgIpc) is 1.80. The largest absolute Gasteiger partial charge is 0.365 e. The molecule has 0 fully saturated rings. The van der Waals surface area contributed by atoms with Crippen molar-refractivity contribution >= 4 is 17.7 Å². The molecule has 0 aromatic rings. The van der Waals surface area contributed by atoms with E-state index in [1.54, 1.807) is 0 Å². The summed E-state index contributed by atoms with van der Waals surface area (Å²) in [4.78, 5) is 9.75. The molecule has 0 aliphatic carbocycles. The van der Waals surface area contributed by atoms with E-state index in [1.165, 1.54) is 11.8 Å². The number of hydrogen-bond donors (Lipinski definition) is 0. The summed E-state index contributed by atoms with van der Waals surface area (Å²) >= 11 is 1.20. The van der Waals surface area contributed by atoms with Crippen molar-refractivity contribution in [1.29, 1.82) is 5.26 Å². The third-order valence-electron chi connectivity index (χ3n) is 0.578. The van der Waals surface area contributed by atoms with Crippen LogP contribution in [0.15, 0.2) is 0 Å².